The Balaban J connectivity index is 3.60. The summed E-state index contributed by atoms with van der Waals surface area (Å²) in [4.78, 5) is 22.1. The summed E-state index contributed by atoms with van der Waals surface area (Å²) in [6.45, 7) is 6.22. The summed E-state index contributed by atoms with van der Waals surface area (Å²) < 4.78 is 9.57. The molecule has 0 N–H and O–H groups in total. The normalized spacial score (nSPS) is 11.9. The van der Waals surface area contributed by atoms with Gasteiger partial charge in [-0.2, -0.15) is 0 Å². The van der Waals surface area contributed by atoms with Crippen LogP contribution in [0.5, 0.6) is 0 Å². The van der Waals surface area contributed by atoms with Crippen LogP contribution in [-0.4, -0.2) is 36.2 Å². The van der Waals surface area contributed by atoms with E-state index in [-0.39, 0.29) is 22.9 Å². The molecule has 1 unspecified atom stereocenters. The van der Waals surface area contributed by atoms with Crippen molar-refractivity contribution in [1.82, 2.24) is 0 Å². The van der Waals surface area contributed by atoms with Gasteiger partial charge in [-0.05, 0) is 13.8 Å². The van der Waals surface area contributed by atoms with Crippen LogP contribution in [-0.2, 0) is 19.1 Å². The van der Waals surface area contributed by atoms with Gasteiger partial charge < -0.3 is 9.47 Å². The Kier molecular flexibility index (Phi) is 8.18. The number of carbonyl (C=O) groups excluding carboxylic acids is 2. The zero-order valence-corrected chi connectivity index (χ0v) is 10.3. The zero-order valence-electron chi connectivity index (χ0n) is 9.45. The largest absolute Gasteiger partial charge is 0.466 e. The van der Waals surface area contributed by atoms with Gasteiger partial charge in [0.05, 0.1) is 25.4 Å². The van der Waals surface area contributed by atoms with Crippen molar-refractivity contribution in [2.24, 2.45) is 0 Å². The van der Waals surface area contributed by atoms with E-state index in [1.807, 2.05) is 6.92 Å². The fourth-order valence-electron chi connectivity index (χ4n) is 0.927. The van der Waals surface area contributed by atoms with Gasteiger partial charge in [-0.25, -0.2) is 0 Å². The lowest BCUT2D eigenvalue weighted by Crippen LogP contribution is -2.14. The molecule has 0 aromatic carbocycles. The molecule has 0 radical (unpaired) electrons. The van der Waals surface area contributed by atoms with Gasteiger partial charge in [0.15, 0.2) is 0 Å². The average Bonchev–Trinajstić information content (AvgIpc) is 2.15. The summed E-state index contributed by atoms with van der Waals surface area (Å²) in [7, 11) is 0. The van der Waals surface area contributed by atoms with Crippen molar-refractivity contribution in [2.75, 3.05) is 19.0 Å². The maximum Gasteiger partial charge on any atom is 0.315 e. The molecule has 88 valence electrons. The van der Waals surface area contributed by atoms with Crippen LogP contribution in [0.1, 0.15) is 27.2 Å². The number of hydrogen-bond acceptors (Lipinski definition) is 5. The lowest BCUT2D eigenvalue weighted by atomic mass is 10.3. The summed E-state index contributed by atoms with van der Waals surface area (Å²) in [5.74, 6) is -0.173. The first-order valence-corrected chi connectivity index (χ1v) is 6.07. The first-order chi connectivity index (χ1) is 7.10. The number of thioether (sulfide) groups is 1. The van der Waals surface area contributed by atoms with Crippen LogP contribution in [0.4, 0.5) is 0 Å². The molecule has 0 fully saturated rings. The predicted octanol–water partition coefficient (Wildman–Crippen LogP) is 1.62. The highest BCUT2D eigenvalue weighted by Crippen LogP contribution is 2.14. The molecule has 0 aliphatic carbocycles. The average molecular weight is 234 g/mol. The Bertz CT molecular complexity index is 206. The Hall–Kier alpha value is -0.710. The molecule has 0 aromatic rings. The van der Waals surface area contributed by atoms with Gasteiger partial charge >= 0.3 is 11.9 Å². The summed E-state index contributed by atoms with van der Waals surface area (Å²) >= 11 is 1.40. The van der Waals surface area contributed by atoms with Gasteiger partial charge in [-0.1, -0.05) is 6.92 Å². The number of carbonyl (C=O) groups is 2. The molecule has 0 saturated carbocycles. The van der Waals surface area contributed by atoms with E-state index in [4.69, 9.17) is 9.47 Å². The molecule has 15 heavy (non-hydrogen) atoms. The van der Waals surface area contributed by atoms with E-state index in [0.29, 0.717) is 19.6 Å². The molecule has 0 rings (SSSR count). The number of rotatable bonds is 7. The summed E-state index contributed by atoms with van der Waals surface area (Å²) in [6, 6.07) is 0. The third-order valence-electron chi connectivity index (χ3n) is 1.55. The highest BCUT2D eigenvalue weighted by atomic mass is 32.2. The van der Waals surface area contributed by atoms with Gasteiger partial charge in [-0.15, -0.1) is 11.8 Å². The van der Waals surface area contributed by atoms with Crippen molar-refractivity contribution in [3.8, 4) is 0 Å². The second kappa shape index (κ2) is 8.59. The van der Waals surface area contributed by atoms with Crippen LogP contribution in [0, 0.1) is 0 Å². The van der Waals surface area contributed by atoms with Crippen molar-refractivity contribution in [1.29, 1.82) is 0 Å². The van der Waals surface area contributed by atoms with Crippen LogP contribution in [0.2, 0.25) is 0 Å². The minimum atomic E-state index is -0.238. The van der Waals surface area contributed by atoms with Gasteiger partial charge in [0.25, 0.3) is 0 Å². The Labute approximate surface area is 94.7 Å². The van der Waals surface area contributed by atoms with Gasteiger partial charge in [-0.3, -0.25) is 9.59 Å². The molecule has 0 aromatic heterocycles. The zero-order chi connectivity index (χ0) is 11.7. The van der Waals surface area contributed by atoms with E-state index in [9.17, 15) is 9.59 Å². The molecule has 0 heterocycles. The monoisotopic (exact) mass is 234 g/mol. The number of esters is 2. The van der Waals surface area contributed by atoms with E-state index in [1.54, 1.807) is 13.8 Å². The van der Waals surface area contributed by atoms with Crippen molar-refractivity contribution in [3.05, 3.63) is 0 Å². The van der Waals surface area contributed by atoms with Crippen LogP contribution in [0.15, 0.2) is 0 Å². The SMILES string of the molecule is CCOC(=O)CSC(C)CC(=O)OCC. The van der Waals surface area contributed by atoms with Crippen molar-refractivity contribution < 1.29 is 19.1 Å². The first-order valence-electron chi connectivity index (χ1n) is 5.03. The quantitative estimate of drug-likeness (QED) is 0.627. The molecule has 1 atom stereocenters. The van der Waals surface area contributed by atoms with E-state index < -0.39 is 0 Å². The maximum absolute atomic E-state index is 11.1. The van der Waals surface area contributed by atoms with Gasteiger partial charge in [0, 0.05) is 5.25 Å². The van der Waals surface area contributed by atoms with Gasteiger partial charge in [0.2, 0.25) is 0 Å². The Morgan fingerprint density at radius 3 is 2.20 bits per heavy atom. The highest BCUT2D eigenvalue weighted by molar-refractivity contribution is 8.00. The molecule has 0 spiro atoms. The highest BCUT2D eigenvalue weighted by Gasteiger charge is 2.12. The molecule has 0 amide bonds. The van der Waals surface area contributed by atoms with Crippen molar-refractivity contribution in [2.45, 2.75) is 32.4 Å². The van der Waals surface area contributed by atoms with Crippen LogP contribution < -0.4 is 0 Å². The molecule has 0 saturated heterocycles. The van der Waals surface area contributed by atoms with Crippen LogP contribution in [0.25, 0.3) is 0 Å². The third-order valence-corrected chi connectivity index (χ3v) is 2.69. The molecule has 0 aliphatic heterocycles. The summed E-state index contributed by atoms with van der Waals surface area (Å²) in [5.41, 5.74) is 0. The third kappa shape index (κ3) is 8.30. The lowest BCUT2D eigenvalue weighted by molar-refractivity contribution is -0.143. The van der Waals surface area contributed by atoms with E-state index >= 15 is 0 Å². The van der Waals surface area contributed by atoms with E-state index in [1.165, 1.54) is 11.8 Å². The van der Waals surface area contributed by atoms with E-state index in [2.05, 4.69) is 0 Å². The summed E-state index contributed by atoms with van der Waals surface area (Å²) in [5, 5.41) is 0.0773. The second-order valence-electron chi connectivity index (χ2n) is 2.94. The summed E-state index contributed by atoms with van der Waals surface area (Å²) in [6.07, 6.45) is 0.331. The topological polar surface area (TPSA) is 52.6 Å². The molecule has 4 nitrogen and oxygen atoms in total. The fraction of sp³-hybridized carbons (Fsp3) is 0.800. The van der Waals surface area contributed by atoms with Crippen LogP contribution >= 0.6 is 11.8 Å². The van der Waals surface area contributed by atoms with E-state index in [0.717, 1.165) is 0 Å². The second-order valence-corrected chi connectivity index (χ2v) is 4.36. The Morgan fingerprint density at radius 1 is 1.13 bits per heavy atom. The molecule has 0 aliphatic rings. The first kappa shape index (κ1) is 14.3. The van der Waals surface area contributed by atoms with Crippen LogP contribution in [0.3, 0.4) is 0 Å². The smallest absolute Gasteiger partial charge is 0.315 e. The lowest BCUT2D eigenvalue weighted by Gasteiger charge is -2.09. The standard InChI is InChI=1S/C10H18O4S/c1-4-13-9(11)6-8(3)15-7-10(12)14-5-2/h8H,4-7H2,1-3H3. The van der Waals surface area contributed by atoms with Gasteiger partial charge in [0.1, 0.15) is 0 Å². The number of hydrogen-bond donors (Lipinski definition) is 0. The molecule has 0 bridgehead atoms. The predicted molar refractivity (Wildman–Crippen MR) is 59.8 cm³/mol. The Morgan fingerprint density at radius 2 is 1.67 bits per heavy atom. The maximum atomic E-state index is 11.1. The minimum absolute atomic E-state index is 0.0773. The van der Waals surface area contributed by atoms with Crippen molar-refractivity contribution in [3.63, 3.8) is 0 Å². The molecular formula is C10H18O4S. The fourth-order valence-corrected chi connectivity index (χ4v) is 1.68. The molecular weight excluding hydrogens is 216 g/mol. The van der Waals surface area contributed by atoms with Crippen molar-refractivity contribution >= 4 is 23.7 Å². The number of ether oxygens (including phenoxy) is 2. The minimum Gasteiger partial charge on any atom is -0.466 e. The molecule has 5 heteroatoms.